The van der Waals surface area contributed by atoms with E-state index in [1.54, 1.807) is 6.07 Å². The molecule has 0 N–H and O–H groups in total. The van der Waals surface area contributed by atoms with Crippen LogP contribution in [0.4, 0.5) is 0 Å². The summed E-state index contributed by atoms with van der Waals surface area (Å²) in [5.74, 6) is 0. The molecule has 0 saturated carbocycles. The first kappa shape index (κ1) is 23.7. The number of benzene rings is 5. The van der Waals surface area contributed by atoms with Crippen molar-refractivity contribution in [1.29, 1.82) is 10.5 Å². The van der Waals surface area contributed by atoms with Crippen molar-refractivity contribution in [2.24, 2.45) is 0 Å². The van der Waals surface area contributed by atoms with Gasteiger partial charge in [-0.2, -0.15) is 15.6 Å². The van der Waals surface area contributed by atoms with Crippen LogP contribution in [0.15, 0.2) is 109 Å². The largest absolute Gasteiger partial charge is 0.232 e. The predicted octanol–water partition coefficient (Wildman–Crippen LogP) is 8.41. The first-order valence-corrected chi connectivity index (χ1v) is 13.3. The number of nitriles is 2. The van der Waals surface area contributed by atoms with Crippen molar-refractivity contribution in [2.45, 2.75) is 19.3 Å². The molecule has 0 radical (unpaired) electrons. The summed E-state index contributed by atoms with van der Waals surface area (Å²) in [7, 11) is 0. The van der Waals surface area contributed by atoms with Gasteiger partial charge in [-0.25, -0.2) is 4.68 Å². The molecule has 0 spiro atoms. The standard InChI is InChI=1S/C36H24N4/c1-36(2)31-11-7-6-10-29(31)33-32(36)17-16-30-34(26-8-4-3-5-9-26)39-40(35(30)33)28-14-12-25(13-15-28)27-19-23(21-37)18-24(20-27)22-38/h3-20H,1-2H3. The number of aromatic nitrogens is 2. The van der Waals surface area contributed by atoms with E-state index in [-0.39, 0.29) is 5.41 Å². The highest BCUT2D eigenvalue weighted by molar-refractivity contribution is 6.06. The molecule has 6 aromatic rings. The highest BCUT2D eigenvalue weighted by atomic mass is 15.3. The first-order chi connectivity index (χ1) is 19.5. The predicted molar refractivity (Wildman–Crippen MR) is 159 cm³/mol. The van der Waals surface area contributed by atoms with Crippen LogP contribution < -0.4 is 0 Å². The summed E-state index contributed by atoms with van der Waals surface area (Å²) in [6, 6.07) is 41.3. The normalized spacial score (nSPS) is 12.9. The zero-order valence-corrected chi connectivity index (χ0v) is 22.2. The zero-order chi connectivity index (χ0) is 27.4. The summed E-state index contributed by atoms with van der Waals surface area (Å²) >= 11 is 0. The molecule has 4 heteroatoms. The lowest BCUT2D eigenvalue weighted by Gasteiger charge is -2.21. The Hall–Kier alpha value is -5.45. The number of rotatable bonds is 3. The van der Waals surface area contributed by atoms with Crippen LogP contribution in [0.3, 0.4) is 0 Å². The molecule has 0 saturated heterocycles. The molecule has 0 fully saturated rings. The molecule has 1 aliphatic carbocycles. The molecule has 1 aliphatic rings. The van der Waals surface area contributed by atoms with Gasteiger partial charge in [0.05, 0.1) is 34.5 Å². The Morgan fingerprint density at radius 2 is 1.32 bits per heavy atom. The van der Waals surface area contributed by atoms with Crippen LogP contribution in [0, 0.1) is 22.7 Å². The van der Waals surface area contributed by atoms with E-state index in [0.29, 0.717) is 11.1 Å². The third-order valence-electron chi connectivity index (χ3n) is 8.07. The first-order valence-electron chi connectivity index (χ1n) is 13.3. The van der Waals surface area contributed by atoms with Crippen LogP contribution in [0.1, 0.15) is 36.1 Å². The van der Waals surface area contributed by atoms with Crippen LogP contribution in [0.2, 0.25) is 0 Å². The summed E-state index contributed by atoms with van der Waals surface area (Å²) in [5.41, 5.74) is 11.8. The van der Waals surface area contributed by atoms with Gasteiger partial charge in [0, 0.05) is 21.9 Å². The number of nitrogens with zero attached hydrogens (tertiary/aromatic N) is 4. The van der Waals surface area contributed by atoms with Crippen LogP contribution in [-0.4, -0.2) is 9.78 Å². The summed E-state index contributed by atoms with van der Waals surface area (Å²) in [6.45, 7) is 4.59. The van der Waals surface area contributed by atoms with Gasteiger partial charge in [-0.05, 0) is 58.1 Å². The quantitative estimate of drug-likeness (QED) is 0.239. The summed E-state index contributed by atoms with van der Waals surface area (Å²) in [6.07, 6.45) is 0. The third-order valence-corrected chi connectivity index (χ3v) is 8.07. The van der Waals surface area contributed by atoms with Gasteiger partial charge < -0.3 is 0 Å². The van der Waals surface area contributed by atoms with Gasteiger partial charge in [0.1, 0.15) is 5.69 Å². The average molecular weight is 513 g/mol. The lowest BCUT2D eigenvalue weighted by Crippen LogP contribution is -2.14. The summed E-state index contributed by atoms with van der Waals surface area (Å²) in [5, 5.41) is 25.2. The molecule has 0 bridgehead atoms. The zero-order valence-electron chi connectivity index (χ0n) is 22.2. The van der Waals surface area contributed by atoms with Crippen molar-refractivity contribution in [3.05, 3.63) is 131 Å². The van der Waals surface area contributed by atoms with Gasteiger partial charge in [-0.15, -0.1) is 0 Å². The third kappa shape index (κ3) is 3.48. The SMILES string of the molecule is CC1(C)c2ccccc2-c2c1ccc1c(-c3ccccc3)nn(-c3ccc(-c4cc(C#N)cc(C#N)c4)cc3)c21. The molecular weight excluding hydrogens is 488 g/mol. The smallest absolute Gasteiger partial charge is 0.101 e. The molecule has 188 valence electrons. The number of hydrogen-bond acceptors (Lipinski definition) is 3. The molecular formula is C36H24N4. The highest BCUT2D eigenvalue weighted by Crippen LogP contribution is 2.52. The average Bonchev–Trinajstić information content (AvgIpc) is 3.50. The van der Waals surface area contributed by atoms with E-state index in [0.717, 1.165) is 39.0 Å². The van der Waals surface area contributed by atoms with Gasteiger partial charge >= 0.3 is 0 Å². The van der Waals surface area contributed by atoms with Gasteiger partial charge in [0.2, 0.25) is 0 Å². The molecule has 40 heavy (non-hydrogen) atoms. The molecule has 1 aromatic heterocycles. The number of hydrogen-bond donors (Lipinski definition) is 0. The Bertz CT molecular complexity index is 2000. The second-order valence-corrected chi connectivity index (χ2v) is 10.8. The summed E-state index contributed by atoms with van der Waals surface area (Å²) < 4.78 is 2.07. The minimum absolute atomic E-state index is 0.115. The van der Waals surface area contributed by atoms with Crippen LogP contribution >= 0.6 is 0 Å². The number of fused-ring (bicyclic) bond motifs is 5. The Morgan fingerprint density at radius 1 is 0.650 bits per heavy atom. The minimum atomic E-state index is -0.115. The van der Waals surface area contributed by atoms with Crippen molar-refractivity contribution in [3.63, 3.8) is 0 Å². The molecule has 0 aliphatic heterocycles. The van der Waals surface area contributed by atoms with E-state index in [9.17, 15) is 10.5 Å². The Labute approximate surface area is 233 Å². The fraction of sp³-hybridized carbons (Fsp3) is 0.0833. The fourth-order valence-electron chi connectivity index (χ4n) is 6.11. The monoisotopic (exact) mass is 512 g/mol. The van der Waals surface area contributed by atoms with Crippen LogP contribution in [0.5, 0.6) is 0 Å². The maximum Gasteiger partial charge on any atom is 0.101 e. The Morgan fingerprint density at radius 3 is 2.02 bits per heavy atom. The molecule has 4 nitrogen and oxygen atoms in total. The van der Waals surface area contributed by atoms with Crippen molar-refractivity contribution in [2.75, 3.05) is 0 Å². The van der Waals surface area contributed by atoms with E-state index >= 15 is 0 Å². The van der Waals surface area contributed by atoms with Crippen LogP contribution in [0.25, 0.3) is 50.1 Å². The molecule has 1 heterocycles. The maximum absolute atomic E-state index is 9.43. The van der Waals surface area contributed by atoms with Crippen molar-refractivity contribution >= 4 is 10.9 Å². The Balaban J connectivity index is 1.47. The Kier molecular flexibility index (Phi) is 5.20. The summed E-state index contributed by atoms with van der Waals surface area (Å²) in [4.78, 5) is 0. The minimum Gasteiger partial charge on any atom is -0.232 e. The lowest BCUT2D eigenvalue weighted by molar-refractivity contribution is 0.660. The fourth-order valence-corrected chi connectivity index (χ4v) is 6.11. The van der Waals surface area contributed by atoms with Crippen molar-refractivity contribution in [1.82, 2.24) is 9.78 Å². The maximum atomic E-state index is 9.43. The topological polar surface area (TPSA) is 65.4 Å². The molecule has 7 rings (SSSR count). The second kappa shape index (κ2) is 8.80. The van der Waals surface area contributed by atoms with Crippen LogP contribution in [-0.2, 0) is 5.41 Å². The highest BCUT2D eigenvalue weighted by Gasteiger charge is 2.37. The van der Waals surface area contributed by atoms with Gasteiger partial charge in [0.15, 0.2) is 0 Å². The van der Waals surface area contributed by atoms with E-state index in [4.69, 9.17) is 5.10 Å². The van der Waals surface area contributed by atoms with Crippen molar-refractivity contribution in [3.8, 4) is 51.3 Å². The van der Waals surface area contributed by atoms with Gasteiger partial charge in [-0.1, -0.05) is 92.7 Å². The van der Waals surface area contributed by atoms with Gasteiger partial charge in [-0.3, -0.25) is 0 Å². The van der Waals surface area contributed by atoms with E-state index in [2.05, 4.69) is 91.3 Å². The molecule has 5 aromatic carbocycles. The lowest BCUT2D eigenvalue weighted by atomic mass is 9.82. The van der Waals surface area contributed by atoms with E-state index < -0.39 is 0 Å². The van der Waals surface area contributed by atoms with E-state index in [1.807, 2.05) is 42.5 Å². The van der Waals surface area contributed by atoms with Gasteiger partial charge in [0.25, 0.3) is 0 Å². The molecule has 0 atom stereocenters. The molecule has 0 amide bonds. The second-order valence-electron chi connectivity index (χ2n) is 10.8. The van der Waals surface area contributed by atoms with E-state index in [1.165, 1.54) is 22.3 Å². The van der Waals surface area contributed by atoms with Crippen molar-refractivity contribution < 1.29 is 0 Å². The molecule has 0 unspecified atom stereocenters.